The SMILES string of the molecule is CC[C@@]1(O)C(=O)OCc2c1cc1n(c2=O)Cc2c-1nc1ccccc1c2CC[Si](C)(C)CCCBr.CC[C@@]1(O)C(=O)OCc2c1cc1n(c2=O)Cc2c-1nc1ccccc1c2CC[Si](C)(C)CCCn1ccnc1.c1c[nH]cn1. The fraction of sp³-hybridized carbons (Fsp3) is 0.400. The summed E-state index contributed by atoms with van der Waals surface area (Å²) in [5, 5.41) is 25.6. The predicted molar refractivity (Wildman–Crippen MR) is 314 cm³/mol. The molecule has 12 rings (SSSR count). The van der Waals surface area contributed by atoms with Crippen molar-refractivity contribution in [2.24, 2.45) is 0 Å². The molecule has 8 aromatic rings. The highest BCUT2D eigenvalue weighted by Crippen LogP contribution is 2.43. The van der Waals surface area contributed by atoms with Gasteiger partial charge in [-0.2, -0.15) is 0 Å². The summed E-state index contributed by atoms with van der Waals surface area (Å²) in [5.41, 5.74) is 6.76. The number of halogens is 1. The van der Waals surface area contributed by atoms with Crippen molar-refractivity contribution in [1.29, 1.82) is 0 Å². The number of esters is 2. The highest BCUT2D eigenvalue weighted by atomic mass is 79.9. The minimum atomic E-state index is -1.82. The average Bonchev–Trinajstić information content (AvgIpc) is 4.51. The number of hydrogen-bond donors (Lipinski definition) is 3. The molecule has 16 nitrogen and oxygen atoms in total. The van der Waals surface area contributed by atoms with Crippen LogP contribution in [-0.2, 0) is 76.0 Å². The molecule has 6 aromatic heterocycles. The summed E-state index contributed by atoms with van der Waals surface area (Å²) >= 11 is 3.57. The number of alkyl halides is 1. The number of fused-ring (bicyclic) bond motifs is 10. The van der Waals surface area contributed by atoms with Gasteiger partial charge in [-0.05, 0) is 73.9 Å². The highest BCUT2D eigenvalue weighted by Gasteiger charge is 2.47. The maximum absolute atomic E-state index is 13.7. The van der Waals surface area contributed by atoms with Gasteiger partial charge in [0.2, 0.25) is 0 Å². The van der Waals surface area contributed by atoms with Crippen molar-refractivity contribution in [3.8, 4) is 22.8 Å². The van der Waals surface area contributed by atoms with Gasteiger partial charge < -0.3 is 38.4 Å². The van der Waals surface area contributed by atoms with Crippen molar-refractivity contribution >= 4 is 65.8 Å². The van der Waals surface area contributed by atoms with Crippen LogP contribution < -0.4 is 11.1 Å². The van der Waals surface area contributed by atoms with Gasteiger partial charge in [-0.3, -0.25) is 9.59 Å². The van der Waals surface area contributed by atoms with Crippen LogP contribution in [0, 0.1) is 0 Å². The van der Waals surface area contributed by atoms with E-state index >= 15 is 0 Å². The molecule has 0 saturated heterocycles. The molecule has 2 atom stereocenters. The molecule has 0 amide bonds. The second-order valence-electron chi connectivity index (χ2n) is 22.9. The van der Waals surface area contributed by atoms with Crippen LogP contribution in [0.1, 0.15) is 84.0 Å². The Hall–Kier alpha value is -6.65. The molecule has 4 aliphatic rings. The molecule has 3 N–H and O–H groups in total. The molecule has 4 aliphatic heterocycles. The Morgan fingerprint density at radius 2 is 1.15 bits per heavy atom. The number of carbonyl (C=O) groups is 2. The Morgan fingerprint density at radius 1 is 0.658 bits per heavy atom. The zero-order valence-corrected chi connectivity index (χ0v) is 49.5. The zero-order valence-electron chi connectivity index (χ0n) is 45.9. The van der Waals surface area contributed by atoms with Crippen molar-refractivity contribution in [2.75, 3.05) is 5.33 Å². The first-order valence-electron chi connectivity index (χ1n) is 27.5. The Balaban J connectivity index is 0.000000164. The van der Waals surface area contributed by atoms with Gasteiger partial charge in [-0.25, -0.2) is 29.5 Å². The van der Waals surface area contributed by atoms with E-state index < -0.39 is 39.3 Å². The molecule has 0 unspecified atom stereocenters. The molecular weight excluding hydrogens is 1100 g/mol. The van der Waals surface area contributed by atoms with Crippen molar-refractivity contribution in [2.45, 2.75) is 147 Å². The molecule has 19 heteroatoms. The summed E-state index contributed by atoms with van der Waals surface area (Å²) in [4.78, 5) is 72.7. The van der Waals surface area contributed by atoms with E-state index in [1.807, 2.05) is 55.1 Å². The minimum absolute atomic E-state index is 0.110. The predicted octanol–water partition coefficient (Wildman–Crippen LogP) is 10.1. The third-order valence-corrected chi connectivity index (χ3v) is 23.9. The smallest absolute Gasteiger partial charge is 0.343 e. The maximum Gasteiger partial charge on any atom is 0.343 e. The van der Waals surface area contributed by atoms with Crippen LogP contribution in [0.3, 0.4) is 0 Å². The normalized spacial score (nSPS) is 17.8. The van der Waals surface area contributed by atoms with Crippen LogP contribution in [0.15, 0.2) is 108 Å². The zero-order chi connectivity index (χ0) is 55.9. The topological polar surface area (TPSA) is 209 Å². The number of aryl methyl sites for hydroxylation is 3. The van der Waals surface area contributed by atoms with Crippen LogP contribution in [0.2, 0.25) is 50.4 Å². The van der Waals surface area contributed by atoms with Gasteiger partial charge in [0, 0.05) is 85.8 Å². The first-order chi connectivity index (χ1) is 37.9. The number of carbonyl (C=O) groups excluding carboxylic acids is 2. The first kappa shape index (κ1) is 55.7. The Bertz CT molecular complexity index is 3710. The number of ether oxygens (including phenoxy) is 2. The second-order valence-corrected chi connectivity index (χ2v) is 34.3. The van der Waals surface area contributed by atoms with E-state index in [0.717, 1.165) is 81.5 Å². The number of cyclic esters (lactones) is 2. The van der Waals surface area contributed by atoms with Crippen LogP contribution in [0.5, 0.6) is 0 Å². The third-order valence-electron chi connectivity index (χ3n) is 16.8. The van der Waals surface area contributed by atoms with Crippen LogP contribution in [-0.4, -0.2) is 82.3 Å². The number of pyridine rings is 4. The number of rotatable bonds is 15. The molecule has 0 fully saturated rings. The number of hydrogen-bond acceptors (Lipinski definition) is 12. The number of imidazole rings is 2. The lowest BCUT2D eigenvalue weighted by atomic mass is 9.86. The molecular formula is C60H69BrN8O8Si2. The van der Waals surface area contributed by atoms with Crippen molar-refractivity contribution in [3.05, 3.63) is 163 Å². The number of nitrogens with one attached hydrogen (secondary N) is 1. The van der Waals surface area contributed by atoms with E-state index in [-0.39, 0.29) is 37.2 Å². The van der Waals surface area contributed by atoms with Crippen molar-refractivity contribution in [3.63, 3.8) is 0 Å². The third kappa shape index (κ3) is 10.7. The fourth-order valence-corrected chi connectivity index (χ4v) is 17.3. The van der Waals surface area contributed by atoms with Gasteiger partial charge in [-0.1, -0.05) is 117 Å². The molecule has 0 spiro atoms. The van der Waals surface area contributed by atoms with Gasteiger partial charge in [-0.15, -0.1) is 0 Å². The number of para-hydroxylation sites is 2. The standard InChI is InChI=1S/C30H34N4O4Si.C27H31BrN2O4Si.C3H4N2/c1-4-30(37)24-16-26-27-22(17-34(26)28(35)23(24)18-38-29(30)36)20(21-8-5-6-9-25(21)32-27)10-15-39(2,3)14-7-12-33-13-11-31-19-33;1-4-27(33)21-14-23-24-19(15-30(23)25(31)20(21)16-34-26(27)32)17(10-13-35(2,3)12-7-11-28)18-8-5-6-9-22(18)29-24;1-2-5-3-4-1/h5-6,8-9,11,13,16,19,37H,4,7,10,12,14-15,17-18H2,1-3H3;5-6,8-9,14,33H,4,7,10-13,15-16H2,1-3H3;1-3H,(H,4,5)/t30-;27-;/m00./s1. The summed E-state index contributed by atoms with van der Waals surface area (Å²) in [6.07, 6.45) is 15.3. The summed E-state index contributed by atoms with van der Waals surface area (Å²) in [6, 6.07) is 24.8. The molecule has 412 valence electrons. The van der Waals surface area contributed by atoms with E-state index in [4.69, 9.17) is 19.4 Å². The quantitative estimate of drug-likeness (QED) is 0.0498. The van der Waals surface area contributed by atoms with Gasteiger partial charge >= 0.3 is 11.9 Å². The molecule has 10 heterocycles. The van der Waals surface area contributed by atoms with E-state index in [0.29, 0.717) is 46.7 Å². The first-order valence-corrected chi connectivity index (χ1v) is 35.5. The molecule has 0 saturated carbocycles. The monoisotopic (exact) mass is 1160 g/mol. The minimum Gasteiger partial charge on any atom is -0.458 e. The molecule has 0 bridgehead atoms. The highest BCUT2D eigenvalue weighted by molar-refractivity contribution is 9.09. The van der Waals surface area contributed by atoms with Gasteiger partial charge in [0.05, 0.1) is 70.7 Å². The summed E-state index contributed by atoms with van der Waals surface area (Å²) in [6.45, 7) is 14.9. The maximum atomic E-state index is 13.7. The molecule has 0 aliphatic carbocycles. The number of aliphatic hydroxyl groups is 2. The van der Waals surface area contributed by atoms with Gasteiger partial charge in [0.1, 0.15) is 13.2 Å². The lowest BCUT2D eigenvalue weighted by molar-refractivity contribution is -0.172. The molecule has 2 aromatic carbocycles. The van der Waals surface area contributed by atoms with Crippen LogP contribution in [0.4, 0.5) is 0 Å². The lowest BCUT2D eigenvalue weighted by Gasteiger charge is -2.31. The average molecular weight is 1170 g/mol. The van der Waals surface area contributed by atoms with Crippen molar-refractivity contribution < 1.29 is 29.3 Å². The summed E-state index contributed by atoms with van der Waals surface area (Å²) in [5.74, 6) is -1.40. The largest absolute Gasteiger partial charge is 0.458 e. The van der Waals surface area contributed by atoms with Crippen molar-refractivity contribution in [1.82, 2.24) is 38.6 Å². The Labute approximate surface area is 469 Å². The Morgan fingerprint density at radius 3 is 1.57 bits per heavy atom. The van der Waals surface area contributed by atoms with E-state index in [1.165, 1.54) is 35.7 Å². The van der Waals surface area contributed by atoms with E-state index in [1.54, 1.807) is 53.8 Å². The number of nitrogens with zero attached hydrogens (tertiary/aromatic N) is 7. The van der Waals surface area contributed by atoms with E-state index in [2.05, 4.69) is 73.8 Å². The summed E-state index contributed by atoms with van der Waals surface area (Å²) in [7, 11) is -2.87. The molecule has 79 heavy (non-hydrogen) atoms. The van der Waals surface area contributed by atoms with Gasteiger partial charge in [0.25, 0.3) is 11.1 Å². The number of aromatic nitrogens is 8. The summed E-state index contributed by atoms with van der Waals surface area (Å²) < 4.78 is 16.1. The lowest BCUT2D eigenvalue weighted by Crippen LogP contribution is -2.44. The number of aromatic amines is 1. The number of benzene rings is 2. The Kier molecular flexibility index (Phi) is 15.8. The second kappa shape index (κ2) is 22.5. The van der Waals surface area contributed by atoms with Crippen LogP contribution >= 0.6 is 15.9 Å². The van der Waals surface area contributed by atoms with Gasteiger partial charge in [0.15, 0.2) is 11.2 Å². The molecule has 0 radical (unpaired) electrons. The number of H-pyrrole nitrogens is 1. The fourth-order valence-electron chi connectivity index (χ4n) is 11.9. The van der Waals surface area contributed by atoms with Crippen LogP contribution in [0.25, 0.3) is 44.6 Å². The van der Waals surface area contributed by atoms with E-state index in [9.17, 15) is 29.4 Å².